The minimum atomic E-state index is -0.833. The highest BCUT2D eigenvalue weighted by molar-refractivity contribution is 6.48. The fourth-order valence-corrected chi connectivity index (χ4v) is 7.46. The van der Waals surface area contributed by atoms with E-state index in [2.05, 4.69) is 69.3 Å². The third-order valence-electron chi connectivity index (χ3n) is 10.2. The number of aliphatic imine (C=N–C) groups is 1. The minimum absolute atomic E-state index is 0.0103. The van der Waals surface area contributed by atoms with E-state index in [-0.39, 0.29) is 54.6 Å². The molecule has 12 nitrogen and oxygen atoms in total. The summed E-state index contributed by atoms with van der Waals surface area (Å²) < 4.78 is 13.2. The van der Waals surface area contributed by atoms with E-state index in [0.717, 1.165) is 24.8 Å². The second-order valence-electron chi connectivity index (χ2n) is 14.1. The lowest BCUT2D eigenvalue weighted by atomic mass is 9.43. The Labute approximate surface area is 267 Å². The monoisotopic (exact) mass is 626 g/mol. The SMILES string of the molecule is CCc1ccc(CCC(=O)N[C@@H](CCCN=C(N)N[N+](=O)[O-])C(=O)N[C@@H](CC(C)C)B2O[C@@H]3C[C@H]4C[C@H](C4(C)C)[C@]3(C)O2)cc1. The zero-order valence-electron chi connectivity index (χ0n) is 27.6. The largest absolute Gasteiger partial charge is 0.481 e. The van der Waals surface area contributed by atoms with Crippen LogP contribution in [0.15, 0.2) is 29.3 Å². The second kappa shape index (κ2) is 14.5. The summed E-state index contributed by atoms with van der Waals surface area (Å²) in [5.74, 6) is 0.0131. The van der Waals surface area contributed by atoms with Crippen molar-refractivity contribution in [1.29, 1.82) is 0 Å². The molecule has 6 atom stereocenters. The first-order chi connectivity index (χ1) is 21.2. The predicted molar refractivity (Wildman–Crippen MR) is 173 cm³/mol. The third kappa shape index (κ3) is 8.35. The van der Waals surface area contributed by atoms with Crippen LogP contribution in [0.4, 0.5) is 0 Å². The van der Waals surface area contributed by atoms with Crippen molar-refractivity contribution in [3.63, 3.8) is 0 Å². The van der Waals surface area contributed by atoms with E-state index in [1.54, 1.807) is 0 Å². The lowest BCUT2D eigenvalue weighted by molar-refractivity contribution is -0.525. The molecule has 3 aliphatic carbocycles. The molecule has 1 aromatic carbocycles. The van der Waals surface area contributed by atoms with E-state index in [0.29, 0.717) is 31.1 Å². The standard InChI is InChI=1S/C32H51BN6O6/c1-7-21-10-12-22(13-11-21)14-15-28(40)36-24(9-8-16-35-30(34)38-39(42)43)29(41)37-27(17-20(2)3)33-44-26-19-23-18-25(31(23,4)5)32(26,6)45-33/h10-13,20,23-27H,7-9,14-19H2,1-6H3,(H,36,40)(H,37,41)(H3,34,35,38)/t23-,24+,25-,26-,27+,32+/m1/s1. The van der Waals surface area contributed by atoms with Gasteiger partial charge >= 0.3 is 7.12 Å². The average Bonchev–Trinajstić information content (AvgIpc) is 3.34. The first kappa shape index (κ1) is 34.7. The molecule has 0 radical (unpaired) electrons. The van der Waals surface area contributed by atoms with E-state index in [1.165, 1.54) is 5.56 Å². The van der Waals surface area contributed by atoms with Crippen LogP contribution in [-0.4, -0.2) is 60.2 Å². The number of aryl methyl sites for hydroxylation is 2. The van der Waals surface area contributed by atoms with E-state index in [9.17, 15) is 19.7 Å². The number of amides is 2. The molecule has 1 heterocycles. The molecular weight excluding hydrogens is 575 g/mol. The van der Waals surface area contributed by atoms with Gasteiger partial charge in [-0.3, -0.25) is 9.59 Å². The van der Waals surface area contributed by atoms with Gasteiger partial charge < -0.3 is 25.7 Å². The fraction of sp³-hybridized carbons (Fsp3) is 0.719. The number of hydrogen-bond donors (Lipinski definition) is 4. The van der Waals surface area contributed by atoms with Gasteiger partial charge in [0.25, 0.3) is 5.96 Å². The van der Waals surface area contributed by atoms with Gasteiger partial charge in [0.05, 0.1) is 17.6 Å². The van der Waals surface area contributed by atoms with Gasteiger partial charge in [0, 0.05) is 13.0 Å². The van der Waals surface area contributed by atoms with Crippen LogP contribution in [0.5, 0.6) is 0 Å². The van der Waals surface area contributed by atoms with Crippen LogP contribution in [-0.2, 0) is 31.7 Å². The number of hydrogen-bond acceptors (Lipinski definition) is 7. The molecule has 1 aliphatic heterocycles. The lowest BCUT2D eigenvalue weighted by Crippen LogP contribution is -2.65. The zero-order chi connectivity index (χ0) is 32.9. The molecule has 13 heteroatoms. The summed E-state index contributed by atoms with van der Waals surface area (Å²) in [7, 11) is -0.582. The minimum Gasteiger partial charge on any atom is -0.404 e. The van der Waals surface area contributed by atoms with Crippen molar-refractivity contribution in [1.82, 2.24) is 16.1 Å². The van der Waals surface area contributed by atoms with E-state index >= 15 is 0 Å². The Morgan fingerprint density at radius 1 is 1.16 bits per heavy atom. The number of guanidine groups is 1. The summed E-state index contributed by atoms with van der Waals surface area (Å²) in [5, 5.41) is 15.9. The summed E-state index contributed by atoms with van der Waals surface area (Å²) in [6.45, 7) is 13.2. The number of carbonyl (C=O) groups excluding carboxylic acids is 2. The Balaban J connectivity index is 1.42. The highest BCUT2D eigenvalue weighted by Crippen LogP contribution is 2.65. The average molecular weight is 627 g/mol. The molecule has 0 aromatic heterocycles. The van der Waals surface area contributed by atoms with Crippen LogP contribution in [0.25, 0.3) is 0 Å². The first-order valence-electron chi connectivity index (χ1n) is 16.4. The molecule has 1 aromatic rings. The summed E-state index contributed by atoms with van der Waals surface area (Å²) >= 11 is 0. The van der Waals surface area contributed by atoms with Gasteiger partial charge in [-0.15, -0.1) is 0 Å². The Bertz CT molecular complexity index is 1240. The van der Waals surface area contributed by atoms with Crippen molar-refractivity contribution in [2.75, 3.05) is 6.54 Å². The number of nitrogens with zero attached hydrogens (tertiary/aromatic N) is 2. The first-order valence-corrected chi connectivity index (χ1v) is 16.4. The highest BCUT2D eigenvalue weighted by atomic mass is 16.7. The van der Waals surface area contributed by atoms with Crippen LogP contribution in [0, 0.1) is 33.3 Å². The molecule has 2 amide bonds. The van der Waals surface area contributed by atoms with Crippen molar-refractivity contribution < 1.29 is 23.9 Å². The summed E-state index contributed by atoms with van der Waals surface area (Å²) in [5.41, 5.74) is 9.43. The maximum absolute atomic E-state index is 13.8. The number of nitrogens with two attached hydrogens (primary N) is 1. The highest BCUT2D eigenvalue weighted by Gasteiger charge is 2.68. The smallest absolute Gasteiger partial charge is 0.404 e. The Morgan fingerprint density at radius 3 is 2.47 bits per heavy atom. The number of nitro groups is 1. The summed E-state index contributed by atoms with van der Waals surface area (Å²) in [4.78, 5) is 41.5. The molecule has 5 rings (SSSR count). The molecule has 4 aliphatic rings. The van der Waals surface area contributed by atoms with Gasteiger partial charge in [-0.1, -0.05) is 64.3 Å². The third-order valence-corrected chi connectivity index (χ3v) is 10.2. The zero-order valence-corrected chi connectivity index (χ0v) is 27.6. The molecule has 5 N–H and O–H groups in total. The summed E-state index contributed by atoms with van der Waals surface area (Å²) in [6.07, 6.45) is 5.11. The molecular formula is C32H51BN6O6. The van der Waals surface area contributed by atoms with Gasteiger partial charge in [-0.25, -0.2) is 15.1 Å². The van der Waals surface area contributed by atoms with E-state index in [4.69, 9.17) is 15.0 Å². The molecule has 3 saturated carbocycles. The maximum atomic E-state index is 13.8. The van der Waals surface area contributed by atoms with E-state index < -0.39 is 29.7 Å². The van der Waals surface area contributed by atoms with Crippen LogP contribution < -0.4 is 21.8 Å². The molecule has 2 bridgehead atoms. The quantitative estimate of drug-likeness (QED) is 0.0574. The maximum Gasteiger partial charge on any atom is 0.481 e. The Kier molecular flexibility index (Phi) is 11.2. The van der Waals surface area contributed by atoms with Crippen LogP contribution in [0.2, 0.25) is 0 Å². The molecule has 4 fully saturated rings. The number of hydrazine groups is 1. The number of nitrogens with one attached hydrogen (secondary N) is 3. The molecule has 0 spiro atoms. The normalized spacial score (nSPS) is 26.4. The molecule has 1 saturated heterocycles. The van der Waals surface area contributed by atoms with Crippen molar-refractivity contribution in [2.45, 2.75) is 117 Å². The molecule has 248 valence electrons. The lowest BCUT2D eigenvalue weighted by Gasteiger charge is -2.64. The van der Waals surface area contributed by atoms with Crippen LogP contribution in [0.3, 0.4) is 0 Å². The van der Waals surface area contributed by atoms with Gasteiger partial charge in [0.15, 0.2) is 5.03 Å². The van der Waals surface area contributed by atoms with E-state index in [1.807, 2.05) is 17.6 Å². The molecule has 45 heavy (non-hydrogen) atoms. The van der Waals surface area contributed by atoms with Crippen molar-refractivity contribution in [3.8, 4) is 0 Å². The summed E-state index contributed by atoms with van der Waals surface area (Å²) in [6, 6.07) is 7.34. The molecule has 0 unspecified atom stereocenters. The van der Waals surface area contributed by atoms with Gasteiger partial charge in [-0.05, 0) is 86.2 Å². The number of carbonyl (C=O) groups is 2. The second-order valence-corrected chi connectivity index (χ2v) is 14.1. The van der Waals surface area contributed by atoms with Crippen molar-refractivity contribution in [3.05, 3.63) is 45.5 Å². The number of benzene rings is 1. The number of rotatable bonds is 15. The van der Waals surface area contributed by atoms with Crippen molar-refractivity contribution >= 4 is 24.9 Å². The Morgan fingerprint density at radius 2 is 1.84 bits per heavy atom. The fourth-order valence-electron chi connectivity index (χ4n) is 7.46. The van der Waals surface area contributed by atoms with Crippen molar-refractivity contribution in [2.24, 2.45) is 33.9 Å². The predicted octanol–water partition coefficient (Wildman–Crippen LogP) is 3.34. The topological polar surface area (TPSA) is 170 Å². The Hall–Kier alpha value is -3.19. The van der Waals surface area contributed by atoms with Crippen LogP contribution >= 0.6 is 0 Å². The van der Waals surface area contributed by atoms with Crippen LogP contribution in [0.1, 0.15) is 91.2 Å². The van der Waals surface area contributed by atoms with Gasteiger partial charge in [-0.2, -0.15) is 0 Å². The van der Waals surface area contributed by atoms with Gasteiger partial charge in [0.2, 0.25) is 11.8 Å². The van der Waals surface area contributed by atoms with Gasteiger partial charge in [0.1, 0.15) is 6.04 Å².